The molecule has 7 heavy (non-hydrogen) atoms. The molecule has 0 saturated heterocycles. The fraction of sp³-hybridized carbons (Fsp3) is 0. The molecule has 0 saturated carbocycles. The van der Waals surface area contributed by atoms with Crippen LogP contribution in [0.25, 0.3) is 0 Å². The van der Waals surface area contributed by atoms with Gasteiger partial charge in [0.15, 0.2) is 0 Å². The number of nitrogens with zero attached hydrogens (tertiary/aromatic N) is 1. The number of hydrogen-bond acceptors (Lipinski definition) is 3. The van der Waals surface area contributed by atoms with E-state index in [0.29, 0.717) is 5.40 Å². The van der Waals surface area contributed by atoms with E-state index in [1.165, 1.54) is 0 Å². The van der Waals surface area contributed by atoms with Crippen LogP contribution in [-0.2, 0) is 10.1 Å². The summed E-state index contributed by atoms with van der Waals surface area (Å²) in [5.41, 5.74) is 0. The molecule has 0 spiro atoms. The number of rotatable bonds is 0. The molecule has 0 radical (unpaired) electrons. The van der Waals surface area contributed by atoms with E-state index in [1.54, 1.807) is 0 Å². The second kappa shape index (κ2) is 3.97. The van der Waals surface area contributed by atoms with Crippen LogP contribution in [0.15, 0.2) is 0 Å². The van der Waals surface area contributed by atoms with Crippen molar-refractivity contribution >= 4 is 61.5 Å². The Morgan fingerprint density at radius 3 is 1.71 bits per heavy atom. The normalized spacial score (nSPS) is 8.57. The Bertz CT molecular complexity index is 164. The summed E-state index contributed by atoms with van der Waals surface area (Å²) in [5.74, 6) is 0. The van der Waals surface area contributed by atoms with Crippen molar-refractivity contribution in [2.75, 3.05) is 0 Å². The summed E-state index contributed by atoms with van der Waals surface area (Å²) in [6.45, 7) is 0. The summed E-state index contributed by atoms with van der Waals surface area (Å²) in [7, 11) is -4.36. The number of thiocyanates is 1. The van der Waals surface area contributed by atoms with Crippen molar-refractivity contribution in [2.45, 2.75) is 0 Å². The van der Waals surface area contributed by atoms with Gasteiger partial charge in [-0.3, -0.25) is 4.55 Å². The van der Waals surface area contributed by atoms with Gasteiger partial charge in [-0.25, -0.2) is 0 Å². The van der Waals surface area contributed by atoms with Crippen LogP contribution in [0.3, 0.4) is 0 Å². The standard InChI is InChI=1S/CHNO3S.K.H/c2-1-6(3,4)5;;/h(H,3,4,5);;. The molecule has 0 heterocycles. The molecule has 4 nitrogen and oxygen atoms in total. The average molecular weight is 147 g/mol. The predicted molar refractivity (Wildman–Crippen MR) is 24.3 cm³/mol. The van der Waals surface area contributed by atoms with Crippen LogP contribution in [0, 0.1) is 10.7 Å². The van der Waals surface area contributed by atoms with Gasteiger partial charge >= 0.3 is 61.5 Å². The van der Waals surface area contributed by atoms with E-state index in [9.17, 15) is 8.42 Å². The van der Waals surface area contributed by atoms with E-state index in [0.717, 1.165) is 0 Å². The van der Waals surface area contributed by atoms with Gasteiger partial charge in [-0.1, -0.05) is 0 Å². The maximum atomic E-state index is 9.19. The van der Waals surface area contributed by atoms with Crippen molar-refractivity contribution in [2.24, 2.45) is 0 Å². The molecule has 0 atom stereocenters. The monoisotopic (exact) mass is 147 g/mol. The third kappa shape index (κ3) is 11.0. The SMILES string of the molecule is N#CS(=O)(=O)O.[KH]. The first-order chi connectivity index (χ1) is 2.56. The van der Waals surface area contributed by atoms with Gasteiger partial charge in [0.2, 0.25) is 5.40 Å². The minimum absolute atomic E-state index is 0. The van der Waals surface area contributed by atoms with E-state index in [2.05, 4.69) is 0 Å². The Morgan fingerprint density at radius 2 is 1.71 bits per heavy atom. The Kier molecular flexibility index (Phi) is 6.19. The van der Waals surface area contributed by atoms with Crippen LogP contribution in [0.1, 0.15) is 0 Å². The molecule has 0 bridgehead atoms. The molecule has 0 aromatic heterocycles. The summed E-state index contributed by atoms with van der Waals surface area (Å²) < 4.78 is 25.8. The fourth-order valence-corrected chi connectivity index (χ4v) is 0. The Hall–Kier alpha value is 1.04. The molecule has 0 fully saturated rings. The molecular weight excluding hydrogens is 145 g/mol. The molecule has 0 aromatic rings. The first-order valence-corrected chi connectivity index (χ1v) is 2.38. The van der Waals surface area contributed by atoms with E-state index >= 15 is 0 Å². The van der Waals surface area contributed by atoms with Gasteiger partial charge in [0.05, 0.1) is 0 Å². The first kappa shape index (κ1) is 10.9. The van der Waals surface area contributed by atoms with Crippen molar-refractivity contribution in [1.29, 1.82) is 5.26 Å². The third-order valence-electron chi connectivity index (χ3n) is 0.115. The number of nitriles is 1. The number of hydrogen-bond donors (Lipinski definition) is 1. The van der Waals surface area contributed by atoms with Crippen LogP contribution in [-0.4, -0.2) is 64.4 Å². The van der Waals surface area contributed by atoms with Crippen molar-refractivity contribution in [3.8, 4) is 5.40 Å². The second-order valence-electron chi connectivity index (χ2n) is 0.566. The summed E-state index contributed by atoms with van der Waals surface area (Å²) in [5, 5.41) is 7.95. The van der Waals surface area contributed by atoms with Gasteiger partial charge in [-0.15, -0.1) is 0 Å². The molecular formula is CH2KNO3S. The summed E-state index contributed by atoms with van der Waals surface area (Å²) >= 11 is 0. The van der Waals surface area contributed by atoms with E-state index in [1.807, 2.05) is 0 Å². The van der Waals surface area contributed by atoms with Gasteiger partial charge in [-0.05, 0) is 0 Å². The van der Waals surface area contributed by atoms with Gasteiger partial charge in [0.1, 0.15) is 0 Å². The van der Waals surface area contributed by atoms with E-state index in [-0.39, 0.29) is 51.4 Å². The van der Waals surface area contributed by atoms with Crippen molar-refractivity contribution in [1.82, 2.24) is 0 Å². The van der Waals surface area contributed by atoms with Gasteiger partial charge in [-0.2, -0.15) is 13.7 Å². The Morgan fingerprint density at radius 1 is 1.57 bits per heavy atom. The summed E-state index contributed by atoms with van der Waals surface area (Å²) in [6.07, 6.45) is 0. The quantitative estimate of drug-likeness (QED) is 0.200. The zero-order chi connectivity index (χ0) is 5.21. The van der Waals surface area contributed by atoms with Crippen molar-refractivity contribution < 1.29 is 13.0 Å². The molecule has 0 rings (SSSR count). The molecule has 36 valence electrons. The second-order valence-corrected chi connectivity index (χ2v) is 1.70. The maximum absolute atomic E-state index is 9.19. The zero-order valence-corrected chi connectivity index (χ0v) is 3.44. The van der Waals surface area contributed by atoms with E-state index < -0.39 is 10.1 Å². The third-order valence-corrected chi connectivity index (χ3v) is 0.346. The molecule has 0 amide bonds. The van der Waals surface area contributed by atoms with Crippen LogP contribution < -0.4 is 0 Å². The molecule has 0 aromatic carbocycles. The molecule has 0 aliphatic carbocycles. The Labute approximate surface area is 83.7 Å². The molecule has 6 heteroatoms. The van der Waals surface area contributed by atoms with Crippen LogP contribution >= 0.6 is 0 Å². The zero-order valence-electron chi connectivity index (χ0n) is 2.62. The molecule has 1 N–H and O–H groups in total. The average Bonchev–Trinajstić information content (AvgIpc) is 1.35. The van der Waals surface area contributed by atoms with Crippen LogP contribution in [0.2, 0.25) is 0 Å². The van der Waals surface area contributed by atoms with Crippen molar-refractivity contribution in [3.05, 3.63) is 0 Å². The topological polar surface area (TPSA) is 78.2 Å². The Balaban J connectivity index is 0. The fourth-order valence-electron chi connectivity index (χ4n) is 0. The van der Waals surface area contributed by atoms with Crippen LogP contribution in [0.5, 0.6) is 0 Å². The summed E-state index contributed by atoms with van der Waals surface area (Å²) in [4.78, 5) is 0. The molecule has 0 unspecified atom stereocenters. The van der Waals surface area contributed by atoms with Gasteiger partial charge in [0, 0.05) is 0 Å². The minimum atomic E-state index is -4.36. The van der Waals surface area contributed by atoms with Crippen LogP contribution in [0.4, 0.5) is 0 Å². The predicted octanol–water partition coefficient (Wildman–Crippen LogP) is -1.29. The van der Waals surface area contributed by atoms with E-state index in [4.69, 9.17) is 9.81 Å². The van der Waals surface area contributed by atoms with Crippen molar-refractivity contribution in [3.63, 3.8) is 0 Å². The molecule has 0 aliphatic heterocycles. The molecule has 0 aliphatic rings. The first-order valence-electron chi connectivity index (χ1n) is 0.944. The van der Waals surface area contributed by atoms with Gasteiger partial charge < -0.3 is 0 Å². The summed E-state index contributed by atoms with van der Waals surface area (Å²) in [6, 6.07) is 0. The van der Waals surface area contributed by atoms with Gasteiger partial charge in [0.25, 0.3) is 0 Å².